The van der Waals surface area contributed by atoms with Crippen LogP contribution in [0.3, 0.4) is 0 Å². The number of methoxy groups -OCH3 is 1. The first-order valence-corrected chi connectivity index (χ1v) is 7.37. The maximum absolute atomic E-state index is 12.6. The van der Waals surface area contributed by atoms with Gasteiger partial charge in [0, 0.05) is 18.6 Å². The van der Waals surface area contributed by atoms with Gasteiger partial charge in [0.05, 0.1) is 0 Å². The molecule has 2 rings (SSSR count). The van der Waals surface area contributed by atoms with Crippen LogP contribution in [0.1, 0.15) is 44.1 Å². The fourth-order valence-electron chi connectivity index (χ4n) is 2.89. The summed E-state index contributed by atoms with van der Waals surface area (Å²) in [5.74, 6) is 0.194. The quantitative estimate of drug-likeness (QED) is 0.773. The molecule has 1 aliphatic carbocycles. The molecule has 0 saturated heterocycles. The van der Waals surface area contributed by atoms with Gasteiger partial charge in [-0.2, -0.15) is 0 Å². The molecule has 1 aliphatic rings. The van der Waals surface area contributed by atoms with Gasteiger partial charge in [-0.05, 0) is 30.5 Å². The second-order valence-corrected chi connectivity index (χ2v) is 5.78. The summed E-state index contributed by atoms with van der Waals surface area (Å²) in [7, 11) is 1.67. The van der Waals surface area contributed by atoms with Crippen molar-refractivity contribution < 1.29 is 9.53 Å². The van der Waals surface area contributed by atoms with E-state index in [0.29, 0.717) is 11.4 Å². The average molecular weight is 281 g/mol. The lowest BCUT2D eigenvalue weighted by molar-refractivity contribution is -0.142. The monoisotopic (exact) mass is 280 g/mol. The minimum Gasteiger partial charge on any atom is -0.370 e. The molecule has 104 valence electrons. The van der Waals surface area contributed by atoms with Gasteiger partial charge in [0.15, 0.2) is 5.78 Å². The number of halogens is 1. The average Bonchev–Trinajstić information content (AvgIpc) is 2.65. The van der Waals surface area contributed by atoms with Gasteiger partial charge in [-0.15, -0.1) is 0 Å². The molecule has 0 spiro atoms. The fraction of sp³-hybridized carbons (Fsp3) is 0.562. The SMILES string of the molecule is COC1(C(=O)Cc2cccc(Cl)c2)CCCCCC1. The summed E-state index contributed by atoms with van der Waals surface area (Å²) < 4.78 is 5.64. The van der Waals surface area contributed by atoms with Crippen molar-refractivity contribution in [2.75, 3.05) is 7.11 Å². The van der Waals surface area contributed by atoms with Crippen molar-refractivity contribution in [3.8, 4) is 0 Å². The third kappa shape index (κ3) is 3.58. The highest BCUT2D eigenvalue weighted by Gasteiger charge is 2.37. The van der Waals surface area contributed by atoms with E-state index < -0.39 is 5.60 Å². The Bertz CT molecular complexity index is 434. The van der Waals surface area contributed by atoms with Crippen LogP contribution in [-0.2, 0) is 16.0 Å². The Morgan fingerprint density at radius 2 is 1.95 bits per heavy atom. The Kier molecular flexibility index (Phi) is 5.00. The van der Waals surface area contributed by atoms with Crippen molar-refractivity contribution in [1.82, 2.24) is 0 Å². The predicted molar refractivity (Wildman–Crippen MR) is 77.6 cm³/mol. The molecule has 2 nitrogen and oxygen atoms in total. The molecule has 1 fully saturated rings. The van der Waals surface area contributed by atoms with Gasteiger partial charge >= 0.3 is 0 Å². The molecule has 1 aromatic carbocycles. The van der Waals surface area contributed by atoms with E-state index in [-0.39, 0.29) is 5.78 Å². The first kappa shape index (κ1) is 14.5. The number of rotatable bonds is 4. The Labute approximate surface area is 120 Å². The summed E-state index contributed by atoms with van der Waals surface area (Å²) >= 11 is 5.97. The summed E-state index contributed by atoms with van der Waals surface area (Å²) in [4.78, 5) is 12.6. The molecule has 0 N–H and O–H groups in total. The number of carbonyl (C=O) groups is 1. The van der Waals surface area contributed by atoms with Crippen molar-refractivity contribution in [2.24, 2.45) is 0 Å². The molecular weight excluding hydrogens is 260 g/mol. The van der Waals surface area contributed by atoms with Gasteiger partial charge in [0.1, 0.15) is 5.60 Å². The zero-order chi connectivity index (χ0) is 13.7. The zero-order valence-corrected chi connectivity index (χ0v) is 12.2. The van der Waals surface area contributed by atoms with Crippen LogP contribution in [0.4, 0.5) is 0 Å². The highest BCUT2D eigenvalue weighted by molar-refractivity contribution is 6.30. The number of hydrogen-bond acceptors (Lipinski definition) is 2. The van der Waals surface area contributed by atoms with Crippen molar-refractivity contribution in [3.63, 3.8) is 0 Å². The number of Topliss-reactive ketones (excluding diaryl/α,β-unsaturated/α-hetero) is 1. The second kappa shape index (κ2) is 6.53. The van der Waals surface area contributed by atoms with Crippen LogP contribution in [0.5, 0.6) is 0 Å². The van der Waals surface area contributed by atoms with Crippen LogP contribution in [-0.4, -0.2) is 18.5 Å². The Balaban J connectivity index is 2.12. The molecule has 0 bridgehead atoms. The molecule has 3 heteroatoms. The van der Waals surface area contributed by atoms with E-state index in [1.165, 1.54) is 12.8 Å². The van der Waals surface area contributed by atoms with E-state index in [4.69, 9.17) is 16.3 Å². The number of ketones is 1. The smallest absolute Gasteiger partial charge is 0.168 e. The molecular formula is C16H21ClO2. The molecule has 1 aromatic rings. The predicted octanol–water partition coefficient (Wildman–Crippen LogP) is 4.19. The van der Waals surface area contributed by atoms with E-state index >= 15 is 0 Å². The Hall–Kier alpha value is -0.860. The minimum atomic E-state index is -0.571. The van der Waals surface area contributed by atoms with E-state index in [1.54, 1.807) is 7.11 Å². The first-order valence-electron chi connectivity index (χ1n) is 6.99. The number of benzene rings is 1. The van der Waals surface area contributed by atoms with Gasteiger partial charge in [0.2, 0.25) is 0 Å². The van der Waals surface area contributed by atoms with E-state index in [1.807, 2.05) is 24.3 Å². The number of hydrogen-bond donors (Lipinski definition) is 0. The molecule has 0 unspecified atom stereocenters. The molecule has 0 heterocycles. The Morgan fingerprint density at radius 3 is 2.53 bits per heavy atom. The van der Waals surface area contributed by atoms with E-state index in [0.717, 1.165) is 31.2 Å². The van der Waals surface area contributed by atoms with Crippen molar-refractivity contribution >= 4 is 17.4 Å². The summed E-state index contributed by atoms with van der Waals surface area (Å²) in [5.41, 5.74) is 0.400. The van der Waals surface area contributed by atoms with Gasteiger partial charge in [-0.3, -0.25) is 4.79 Å². The maximum atomic E-state index is 12.6. The molecule has 0 radical (unpaired) electrons. The van der Waals surface area contributed by atoms with E-state index in [9.17, 15) is 4.79 Å². The lowest BCUT2D eigenvalue weighted by Gasteiger charge is -2.29. The Morgan fingerprint density at radius 1 is 1.26 bits per heavy atom. The van der Waals surface area contributed by atoms with Crippen molar-refractivity contribution in [3.05, 3.63) is 34.9 Å². The van der Waals surface area contributed by atoms with Crippen LogP contribution in [0, 0.1) is 0 Å². The first-order chi connectivity index (χ1) is 9.16. The zero-order valence-electron chi connectivity index (χ0n) is 11.5. The highest BCUT2D eigenvalue weighted by atomic mass is 35.5. The number of carbonyl (C=O) groups excluding carboxylic acids is 1. The lowest BCUT2D eigenvalue weighted by Crippen LogP contribution is -2.41. The largest absolute Gasteiger partial charge is 0.370 e. The van der Waals surface area contributed by atoms with E-state index in [2.05, 4.69) is 0 Å². The van der Waals surface area contributed by atoms with Gasteiger partial charge in [0.25, 0.3) is 0 Å². The van der Waals surface area contributed by atoms with Crippen LogP contribution in [0.2, 0.25) is 5.02 Å². The third-order valence-electron chi connectivity index (χ3n) is 4.06. The molecule has 0 amide bonds. The topological polar surface area (TPSA) is 26.3 Å². The number of ether oxygens (including phenoxy) is 1. The van der Waals surface area contributed by atoms with Crippen LogP contribution in [0.25, 0.3) is 0 Å². The lowest BCUT2D eigenvalue weighted by atomic mass is 9.86. The maximum Gasteiger partial charge on any atom is 0.168 e. The van der Waals surface area contributed by atoms with Crippen LogP contribution in [0.15, 0.2) is 24.3 Å². The molecule has 0 aromatic heterocycles. The van der Waals surface area contributed by atoms with Crippen molar-refractivity contribution in [2.45, 2.75) is 50.5 Å². The second-order valence-electron chi connectivity index (χ2n) is 5.34. The summed E-state index contributed by atoms with van der Waals surface area (Å²) in [6.45, 7) is 0. The molecule has 0 atom stereocenters. The van der Waals surface area contributed by atoms with Crippen LogP contribution >= 0.6 is 11.6 Å². The van der Waals surface area contributed by atoms with Gasteiger partial charge < -0.3 is 4.74 Å². The molecule has 0 aliphatic heterocycles. The minimum absolute atomic E-state index is 0.194. The van der Waals surface area contributed by atoms with Crippen molar-refractivity contribution in [1.29, 1.82) is 0 Å². The standard InChI is InChI=1S/C16H21ClO2/c1-19-16(9-4-2-3-5-10-16)15(18)12-13-7-6-8-14(17)11-13/h6-8,11H,2-5,9-10,12H2,1H3. The summed E-state index contributed by atoms with van der Waals surface area (Å²) in [5, 5.41) is 0.678. The normalized spacial score (nSPS) is 18.8. The molecule has 1 saturated carbocycles. The fourth-order valence-corrected chi connectivity index (χ4v) is 3.10. The van der Waals surface area contributed by atoms with Crippen LogP contribution < -0.4 is 0 Å². The highest BCUT2D eigenvalue weighted by Crippen LogP contribution is 2.32. The van der Waals surface area contributed by atoms with Gasteiger partial charge in [-0.25, -0.2) is 0 Å². The van der Waals surface area contributed by atoms with Gasteiger partial charge in [-0.1, -0.05) is 49.4 Å². The third-order valence-corrected chi connectivity index (χ3v) is 4.30. The summed E-state index contributed by atoms with van der Waals surface area (Å²) in [6, 6.07) is 7.52. The summed E-state index contributed by atoms with van der Waals surface area (Å²) in [6.07, 6.45) is 6.68. The molecule has 19 heavy (non-hydrogen) atoms.